The van der Waals surface area contributed by atoms with Crippen molar-refractivity contribution in [2.45, 2.75) is 0 Å². The van der Waals surface area contributed by atoms with Gasteiger partial charge in [0.05, 0.1) is 12.8 Å². The van der Waals surface area contributed by atoms with Crippen LogP contribution in [0.4, 0.5) is 5.69 Å². The molecule has 1 aromatic rings. The summed E-state index contributed by atoms with van der Waals surface area (Å²) in [6.45, 7) is 0. The van der Waals surface area contributed by atoms with Crippen LogP contribution in [0.2, 0.25) is 0 Å². The van der Waals surface area contributed by atoms with Crippen LogP contribution >= 0.6 is 0 Å². The van der Waals surface area contributed by atoms with E-state index in [9.17, 15) is 0 Å². The Kier molecular flexibility index (Phi) is 1.58. The van der Waals surface area contributed by atoms with E-state index in [1.807, 2.05) is 6.07 Å². The maximum absolute atomic E-state index is 5.47. The van der Waals surface area contributed by atoms with Crippen LogP contribution in [-0.2, 0) is 0 Å². The molecule has 1 rings (SSSR count). The lowest BCUT2D eigenvalue weighted by Gasteiger charge is -1.99. The number of hydrogen-bond acceptors (Lipinski definition) is 2. The summed E-state index contributed by atoms with van der Waals surface area (Å²) in [7, 11) is 1.57. The third kappa shape index (κ3) is 1.13. The van der Waals surface area contributed by atoms with Crippen LogP contribution in [0, 0.1) is 6.07 Å². The Morgan fingerprint density at radius 1 is 1.67 bits per heavy atom. The maximum Gasteiger partial charge on any atom is 0.149 e. The summed E-state index contributed by atoms with van der Waals surface area (Å²) in [5, 5.41) is 0. The fourth-order valence-electron chi connectivity index (χ4n) is 0.611. The number of methoxy groups -OCH3 is 1. The largest absolute Gasteiger partial charge is 0.494 e. The van der Waals surface area contributed by atoms with Crippen molar-refractivity contribution >= 4 is 5.69 Å². The molecule has 2 heteroatoms. The molecule has 0 heterocycles. The Morgan fingerprint density at radius 3 is 2.89 bits per heavy atom. The minimum absolute atomic E-state index is 0.609. The average molecular weight is 122 g/mol. The van der Waals surface area contributed by atoms with Gasteiger partial charge in [0.25, 0.3) is 0 Å². The van der Waals surface area contributed by atoms with Crippen molar-refractivity contribution < 1.29 is 4.74 Å². The number of benzene rings is 1. The molecule has 1 radical (unpaired) electrons. The zero-order valence-corrected chi connectivity index (χ0v) is 5.22. The highest BCUT2D eigenvalue weighted by Gasteiger charge is 1.92. The number of anilines is 1. The molecule has 0 aliphatic heterocycles. The lowest BCUT2D eigenvalue weighted by atomic mass is 10.3. The van der Waals surface area contributed by atoms with Crippen molar-refractivity contribution in [1.82, 2.24) is 0 Å². The summed E-state index contributed by atoms with van der Waals surface area (Å²) < 4.78 is 4.86. The van der Waals surface area contributed by atoms with Crippen LogP contribution in [0.15, 0.2) is 18.2 Å². The van der Waals surface area contributed by atoms with Gasteiger partial charge in [0.15, 0.2) is 0 Å². The molecule has 0 spiro atoms. The number of nitrogen functional groups attached to an aromatic ring is 1. The minimum Gasteiger partial charge on any atom is -0.494 e. The van der Waals surface area contributed by atoms with Crippen molar-refractivity contribution in [3.05, 3.63) is 24.3 Å². The van der Waals surface area contributed by atoms with Gasteiger partial charge in [-0.2, -0.15) is 0 Å². The molecule has 0 saturated heterocycles. The molecule has 47 valence electrons. The molecule has 0 aliphatic carbocycles. The molecule has 0 atom stereocenters. The molecule has 0 aliphatic rings. The van der Waals surface area contributed by atoms with Crippen molar-refractivity contribution in [2.24, 2.45) is 0 Å². The fourth-order valence-corrected chi connectivity index (χ4v) is 0.611. The first-order valence-corrected chi connectivity index (χ1v) is 2.65. The van der Waals surface area contributed by atoms with Crippen LogP contribution in [0.1, 0.15) is 0 Å². The normalized spacial score (nSPS) is 9.00. The Labute approximate surface area is 54.2 Å². The third-order valence-corrected chi connectivity index (χ3v) is 1.05. The number of ether oxygens (including phenoxy) is 1. The molecule has 1 aromatic carbocycles. The first-order valence-electron chi connectivity index (χ1n) is 2.65. The van der Waals surface area contributed by atoms with E-state index in [1.165, 1.54) is 0 Å². The number of nitrogens with two attached hydrogens (primary N) is 1. The lowest BCUT2D eigenvalue weighted by molar-refractivity contribution is 0.416. The number of hydrogen-bond donors (Lipinski definition) is 1. The van der Waals surface area contributed by atoms with E-state index < -0.39 is 0 Å². The average Bonchev–Trinajstić information content (AvgIpc) is 1.89. The van der Waals surface area contributed by atoms with Gasteiger partial charge in [-0.05, 0) is 6.07 Å². The Hall–Kier alpha value is -1.18. The van der Waals surface area contributed by atoms with Crippen molar-refractivity contribution in [2.75, 3.05) is 12.8 Å². The Balaban J connectivity index is 3.01. The first kappa shape index (κ1) is 5.95. The van der Waals surface area contributed by atoms with E-state index in [2.05, 4.69) is 6.07 Å². The lowest BCUT2D eigenvalue weighted by Crippen LogP contribution is -1.90. The standard InChI is InChI=1S/C7H8NO/c1-9-7-5-3-2-4-6(7)8/h2-4H,8H2,1H3. The van der Waals surface area contributed by atoms with E-state index >= 15 is 0 Å². The molecule has 2 nitrogen and oxygen atoms in total. The van der Waals surface area contributed by atoms with Crippen molar-refractivity contribution in [3.63, 3.8) is 0 Å². The number of para-hydroxylation sites is 1. The summed E-state index contributed by atoms with van der Waals surface area (Å²) in [4.78, 5) is 0. The number of rotatable bonds is 1. The fraction of sp³-hybridized carbons (Fsp3) is 0.143. The highest BCUT2D eigenvalue weighted by Crippen LogP contribution is 2.17. The van der Waals surface area contributed by atoms with Crippen LogP contribution in [0.3, 0.4) is 0 Å². The maximum atomic E-state index is 5.47. The summed E-state index contributed by atoms with van der Waals surface area (Å²) in [6, 6.07) is 8.19. The zero-order valence-electron chi connectivity index (χ0n) is 5.22. The molecule has 0 saturated carbocycles. The molecule has 9 heavy (non-hydrogen) atoms. The van der Waals surface area contributed by atoms with Crippen molar-refractivity contribution in [3.8, 4) is 5.75 Å². The van der Waals surface area contributed by atoms with Gasteiger partial charge in [-0.1, -0.05) is 12.1 Å². The quantitative estimate of drug-likeness (QED) is 0.565. The summed E-state index contributed by atoms with van der Waals surface area (Å²) in [5.41, 5.74) is 6.10. The van der Waals surface area contributed by atoms with E-state index in [0.717, 1.165) is 0 Å². The topological polar surface area (TPSA) is 35.2 Å². The molecule has 0 aromatic heterocycles. The smallest absolute Gasteiger partial charge is 0.149 e. The predicted octanol–water partition coefficient (Wildman–Crippen LogP) is 1.08. The van der Waals surface area contributed by atoms with Crippen LogP contribution in [-0.4, -0.2) is 7.11 Å². The van der Waals surface area contributed by atoms with Crippen LogP contribution in [0.5, 0.6) is 5.75 Å². The van der Waals surface area contributed by atoms with E-state index in [-0.39, 0.29) is 0 Å². The molecular weight excluding hydrogens is 114 g/mol. The van der Waals surface area contributed by atoms with Gasteiger partial charge in [-0.3, -0.25) is 0 Å². The van der Waals surface area contributed by atoms with Gasteiger partial charge in [0.1, 0.15) is 5.75 Å². The monoisotopic (exact) mass is 122 g/mol. The summed E-state index contributed by atoms with van der Waals surface area (Å²) in [6.07, 6.45) is 0. The highest BCUT2D eigenvalue weighted by atomic mass is 16.5. The third-order valence-electron chi connectivity index (χ3n) is 1.05. The Morgan fingerprint density at radius 2 is 2.44 bits per heavy atom. The second-order valence-corrected chi connectivity index (χ2v) is 1.66. The van der Waals surface area contributed by atoms with Crippen LogP contribution in [0.25, 0.3) is 0 Å². The first-order chi connectivity index (χ1) is 4.34. The van der Waals surface area contributed by atoms with E-state index in [4.69, 9.17) is 10.5 Å². The SMILES string of the molecule is COc1[c]cccc1N. The molecule has 0 amide bonds. The van der Waals surface area contributed by atoms with Gasteiger partial charge in [0.2, 0.25) is 0 Å². The van der Waals surface area contributed by atoms with Gasteiger partial charge in [-0.15, -0.1) is 0 Å². The molecule has 0 unspecified atom stereocenters. The van der Waals surface area contributed by atoms with Crippen molar-refractivity contribution in [1.29, 1.82) is 0 Å². The Bertz CT molecular complexity index is 198. The van der Waals surface area contributed by atoms with Crippen LogP contribution < -0.4 is 10.5 Å². The summed E-state index contributed by atoms with van der Waals surface area (Å²) >= 11 is 0. The summed E-state index contributed by atoms with van der Waals surface area (Å²) in [5.74, 6) is 0.609. The predicted molar refractivity (Wildman–Crippen MR) is 36.2 cm³/mol. The molecule has 0 fully saturated rings. The second kappa shape index (κ2) is 2.40. The van der Waals surface area contributed by atoms with Gasteiger partial charge >= 0.3 is 0 Å². The van der Waals surface area contributed by atoms with Gasteiger partial charge < -0.3 is 10.5 Å². The molecule has 2 N–H and O–H groups in total. The van der Waals surface area contributed by atoms with Gasteiger partial charge in [0, 0.05) is 6.07 Å². The molecule has 0 bridgehead atoms. The minimum atomic E-state index is 0.609. The van der Waals surface area contributed by atoms with E-state index in [0.29, 0.717) is 11.4 Å². The van der Waals surface area contributed by atoms with E-state index in [1.54, 1.807) is 19.2 Å². The molecular formula is C7H8NO. The highest BCUT2D eigenvalue weighted by molar-refractivity contribution is 5.50. The second-order valence-electron chi connectivity index (χ2n) is 1.66. The zero-order chi connectivity index (χ0) is 6.69. The van der Waals surface area contributed by atoms with Gasteiger partial charge in [-0.25, -0.2) is 0 Å².